The SMILES string of the molecule is O=C(CCl)c1c(F)cc(O)cc1Br. The molecule has 1 N–H and O–H groups in total. The van der Waals surface area contributed by atoms with Gasteiger partial charge in [0.15, 0.2) is 5.78 Å². The second-order valence-corrected chi connectivity index (χ2v) is 3.46. The standard InChI is InChI=1S/C8H5BrClFO2/c9-5-1-4(12)2-6(11)8(5)7(13)3-10/h1-2,12H,3H2. The number of phenols is 1. The van der Waals surface area contributed by atoms with Crippen LogP contribution in [0.4, 0.5) is 4.39 Å². The summed E-state index contributed by atoms with van der Waals surface area (Å²) in [6.07, 6.45) is 0. The van der Waals surface area contributed by atoms with E-state index in [1.54, 1.807) is 0 Å². The molecule has 0 aliphatic rings. The van der Waals surface area contributed by atoms with E-state index in [4.69, 9.17) is 16.7 Å². The molecule has 5 heteroatoms. The Morgan fingerprint density at radius 3 is 2.69 bits per heavy atom. The minimum atomic E-state index is -0.780. The lowest BCUT2D eigenvalue weighted by Crippen LogP contribution is -2.04. The fraction of sp³-hybridized carbons (Fsp3) is 0.125. The maximum absolute atomic E-state index is 13.1. The van der Waals surface area contributed by atoms with Crippen LogP contribution < -0.4 is 0 Å². The lowest BCUT2D eigenvalue weighted by Gasteiger charge is -2.03. The summed E-state index contributed by atoms with van der Waals surface area (Å²) in [7, 11) is 0. The zero-order chi connectivity index (χ0) is 10.0. The van der Waals surface area contributed by atoms with Crippen LogP contribution >= 0.6 is 27.5 Å². The lowest BCUT2D eigenvalue weighted by atomic mass is 10.1. The quantitative estimate of drug-likeness (QED) is 0.661. The van der Waals surface area contributed by atoms with E-state index in [0.29, 0.717) is 0 Å². The molecule has 0 amide bonds. The van der Waals surface area contributed by atoms with Crippen LogP contribution in [0.15, 0.2) is 16.6 Å². The van der Waals surface area contributed by atoms with Gasteiger partial charge in [-0.05, 0) is 22.0 Å². The summed E-state index contributed by atoms with van der Waals surface area (Å²) in [4.78, 5) is 11.1. The number of hydrogen-bond donors (Lipinski definition) is 1. The van der Waals surface area contributed by atoms with Gasteiger partial charge in [-0.2, -0.15) is 0 Å². The third kappa shape index (κ3) is 2.19. The monoisotopic (exact) mass is 266 g/mol. The number of carbonyl (C=O) groups excluding carboxylic acids is 1. The smallest absolute Gasteiger partial charge is 0.181 e. The highest BCUT2D eigenvalue weighted by molar-refractivity contribution is 9.10. The molecule has 0 unspecified atom stereocenters. The van der Waals surface area contributed by atoms with E-state index < -0.39 is 11.6 Å². The van der Waals surface area contributed by atoms with Gasteiger partial charge in [-0.3, -0.25) is 4.79 Å². The Hall–Kier alpha value is -0.610. The van der Waals surface area contributed by atoms with Crippen LogP contribution in [-0.2, 0) is 0 Å². The van der Waals surface area contributed by atoms with Crippen LogP contribution in [0.1, 0.15) is 10.4 Å². The van der Waals surface area contributed by atoms with E-state index >= 15 is 0 Å². The number of benzene rings is 1. The normalized spacial score (nSPS) is 10.1. The number of Topliss-reactive ketones (excluding diaryl/α,β-unsaturated/α-hetero) is 1. The van der Waals surface area contributed by atoms with Crippen LogP contribution in [-0.4, -0.2) is 16.8 Å². The van der Waals surface area contributed by atoms with Gasteiger partial charge in [0.05, 0.1) is 11.4 Å². The van der Waals surface area contributed by atoms with Gasteiger partial charge in [0, 0.05) is 10.5 Å². The molecule has 1 rings (SSSR count). The average molecular weight is 267 g/mol. The van der Waals surface area contributed by atoms with Gasteiger partial charge in [-0.15, -0.1) is 11.6 Å². The molecule has 1 aromatic rings. The maximum Gasteiger partial charge on any atom is 0.181 e. The third-order valence-corrected chi connectivity index (χ3v) is 2.30. The number of rotatable bonds is 2. The van der Waals surface area contributed by atoms with Crippen LogP contribution in [0.3, 0.4) is 0 Å². The van der Waals surface area contributed by atoms with Gasteiger partial charge in [0.2, 0.25) is 0 Å². The molecule has 0 aromatic heterocycles. The topological polar surface area (TPSA) is 37.3 Å². The molecule has 1 aromatic carbocycles. The molecule has 0 aliphatic carbocycles. The molecule has 0 spiro atoms. The van der Waals surface area contributed by atoms with E-state index in [9.17, 15) is 9.18 Å². The van der Waals surface area contributed by atoms with Crippen LogP contribution in [0.5, 0.6) is 5.75 Å². The fourth-order valence-corrected chi connectivity index (χ4v) is 1.67. The highest BCUT2D eigenvalue weighted by atomic mass is 79.9. The first kappa shape index (κ1) is 10.5. The van der Waals surface area contributed by atoms with E-state index in [-0.39, 0.29) is 21.7 Å². The van der Waals surface area contributed by atoms with Crippen molar-refractivity contribution < 1.29 is 14.3 Å². The molecular formula is C8H5BrClFO2. The largest absolute Gasteiger partial charge is 0.508 e. The Morgan fingerprint density at radius 1 is 1.62 bits per heavy atom. The second-order valence-electron chi connectivity index (χ2n) is 2.34. The summed E-state index contributed by atoms with van der Waals surface area (Å²) in [6.45, 7) is 0. The van der Waals surface area contributed by atoms with Crippen molar-refractivity contribution in [2.75, 3.05) is 5.88 Å². The van der Waals surface area contributed by atoms with Gasteiger partial charge >= 0.3 is 0 Å². The first-order valence-electron chi connectivity index (χ1n) is 3.33. The Morgan fingerprint density at radius 2 is 2.23 bits per heavy atom. The summed E-state index contributed by atoms with van der Waals surface area (Å²) in [5.74, 6) is -1.83. The minimum Gasteiger partial charge on any atom is -0.508 e. The number of phenolic OH excluding ortho intramolecular Hbond substituents is 1. The van der Waals surface area contributed by atoms with Crippen LogP contribution in [0, 0.1) is 5.82 Å². The number of ketones is 1. The molecule has 0 bridgehead atoms. The molecule has 0 heterocycles. The number of carbonyl (C=O) groups is 1. The van der Waals surface area contributed by atoms with Gasteiger partial charge in [-0.25, -0.2) is 4.39 Å². The number of hydrogen-bond acceptors (Lipinski definition) is 2. The summed E-state index contributed by atoms with van der Waals surface area (Å²) in [6, 6.07) is 2.10. The molecule has 0 aliphatic heterocycles. The molecule has 13 heavy (non-hydrogen) atoms. The van der Waals surface area contributed by atoms with Gasteiger partial charge in [-0.1, -0.05) is 0 Å². The van der Waals surface area contributed by atoms with E-state index in [1.165, 1.54) is 6.07 Å². The van der Waals surface area contributed by atoms with Gasteiger partial charge in [0.1, 0.15) is 11.6 Å². The molecule has 0 saturated carbocycles. The summed E-state index contributed by atoms with van der Waals surface area (Å²) >= 11 is 8.23. The maximum atomic E-state index is 13.1. The number of alkyl halides is 1. The molecule has 0 radical (unpaired) electrons. The Balaban J connectivity index is 3.28. The van der Waals surface area contributed by atoms with Crippen molar-refractivity contribution in [1.82, 2.24) is 0 Å². The van der Waals surface area contributed by atoms with E-state index in [0.717, 1.165) is 6.07 Å². The molecular weight excluding hydrogens is 262 g/mol. The Bertz CT molecular complexity index is 331. The molecule has 0 atom stereocenters. The third-order valence-electron chi connectivity index (χ3n) is 1.43. The first-order chi connectivity index (χ1) is 6.06. The molecule has 2 nitrogen and oxygen atoms in total. The molecule has 0 fully saturated rings. The highest BCUT2D eigenvalue weighted by Gasteiger charge is 2.15. The Kier molecular flexibility index (Phi) is 3.27. The van der Waals surface area contributed by atoms with Crippen molar-refractivity contribution in [3.05, 3.63) is 28.0 Å². The van der Waals surface area contributed by atoms with Crippen molar-refractivity contribution in [3.8, 4) is 5.75 Å². The van der Waals surface area contributed by atoms with E-state index in [2.05, 4.69) is 15.9 Å². The number of halogens is 3. The van der Waals surface area contributed by atoms with Crippen molar-refractivity contribution in [1.29, 1.82) is 0 Å². The predicted octanol–water partition coefficient (Wildman–Crippen LogP) is 2.72. The van der Waals surface area contributed by atoms with E-state index in [1.807, 2.05) is 0 Å². The van der Waals surface area contributed by atoms with Crippen molar-refractivity contribution in [3.63, 3.8) is 0 Å². The fourth-order valence-electron chi connectivity index (χ4n) is 0.893. The van der Waals surface area contributed by atoms with Crippen LogP contribution in [0.2, 0.25) is 0 Å². The average Bonchev–Trinajstić information content (AvgIpc) is 2.02. The first-order valence-corrected chi connectivity index (χ1v) is 4.66. The molecule has 0 saturated heterocycles. The summed E-state index contributed by atoms with van der Waals surface area (Å²) in [5, 5.41) is 8.96. The molecule has 70 valence electrons. The lowest BCUT2D eigenvalue weighted by molar-refractivity contribution is 0.101. The van der Waals surface area contributed by atoms with Gasteiger partial charge in [0.25, 0.3) is 0 Å². The van der Waals surface area contributed by atoms with Crippen molar-refractivity contribution >= 4 is 33.3 Å². The highest BCUT2D eigenvalue weighted by Crippen LogP contribution is 2.25. The predicted molar refractivity (Wildman–Crippen MR) is 50.8 cm³/mol. The summed E-state index contributed by atoms with van der Waals surface area (Å²) < 4.78 is 13.3. The zero-order valence-electron chi connectivity index (χ0n) is 6.35. The Labute approximate surface area is 87.5 Å². The summed E-state index contributed by atoms with van der Waals surface area (Å²) in [5.41, 5.74) is -0.132. The second kappa shape index (κ2) is 4.07. The van der Waals surface area contributed by atoms with Crippen LogP contribution in [0.25, 0.3) is 0 Å². The number of aromatic hydroxyl groups is 1. The minimum absolute atomic E-state index is 0.132. The van der Waals surface area contributed by atoms with Crippen molar-refractivity contribution in [2.24, 2.45) is 0 Å². The van der Waals surface area contributed by atoms with Crippen molar-refractivity contribution in [2.45, 2.75) is 0 Å². The van der Waals surface area contributed by atoms with Gasteiger partial charge < -0.3 is 5.11 Å². The zero-order valence-corrected chi connectivity index (χ0v) is 8.69.